The highest BCUT2D eigenvalue weighted by atomic mass is 79.9. The number of hydrogen-bond acceptors (Lipinski definition) is 2. The summed E-state index contributed by atoms with van der Waals surface area (Å²) in [7, 11) is 0. The first-order valence-corrected chi connectivity index (χ1v) is 5.01. The van der Waals surface area contributed by atoms with E-state index in [0.29, 0.717) is 0 Å². The van der Waals surface area contributed by atoms with Gasteiger partial charge in [0.15, 0.2) is 5.78 Å². The van der Waals surface area contributed by atoms with Crippen molar-refractivity contribution >= 4 is 33.3 Å². The number of aromatic hydroxyl groups is 1. The van der Waals surface area contributed by atoms with Crippen molar-refractivity contribution in [1.82, 2.24) is 0 Å². The molecule has 0 saturated carbocycles. The Labute approximate surface area is 89.7 Å². The summed E-state index contributed by atoms with van der Waals surface area (Å²) in [6.07, 6.45) is 0.248. The maximum Gasteiger partial charge on any atom is 0.151 e. The zero-order valence-electron chi connectivity index (χ0n) is 6.76. The van der Waals surface area contributed by atoms with Crippen LogP contribution in [-0.4, -0.2) is 16.8 Å². The van der Waals surface area contributed by atoms with Crippen LogP contribution in [0.4, 0.5) is 0 Å². The first-order valence-electron chi connectivity index (χ1n) is 3.68. The highest BCUT2D eigenvalue weighted by Crippen LogP contribution is 2.22. The average molecular weight is 264 g/mol. The first kappa shape index (κ1) is 10.5. The van der Waals surface area contributed by atoms with Crippen molar-refractivity contribution in [1.29, 1.82) is 0 Å². The molecule has 1 aromatic rings. The molecule has 0 aliphatic heterocycles. The summed E-state index contributed by atoms with van der Waals surface area (Å²) in [5, 5.41) is 9.16. The van der Waals surface area contributed by atoms with E-state index in [2.05, 4.69) is 15.9 Å². The van der Waals surface area contributed by atoms with E-state index in [1.165, 1.54) is 0 Å². The number of rotatable bonds is 3. The van der Waals surface area contributed by atoms with Gasteiger partial charge in [-0.3, -0.25) is 4.79 Å². The first-order chi connectivity index (χ1) is 6.13. The molecule has 0 aliphatic rings. The van der Waals surface area contributed by atoms with Crippen LogP contribution in [0.1, 0.15) is 5.56 Å². The van der Waals surface area contributed by atoms with E-state index in [-0.39, 0.29) is 23.8 Å². The fourth-order valence-electron chi connectivity index (χ4n) is 0.956. The number of benzene rings is 1. The van der Waals surface area contributed by atoms with E-state index in [1.54, 1.807) is 18.2 Å². The molecule has 2 nitrogen and oxygen atoms in total. The Kier molecular flexibility index (Phi) is 3.75. The van der Waals surface area contributed by atoms with Gasteiger partial charge in [0.1, 0.15) is 5.75 Å². The van der Waals surface area contributed by atoms with Crippen molar-refractivity contribution in [2.24, 2.45) is 0 Å². The zero-order valence-corrected chi connectivity index (χ0v) is 9.10. The Morgan fingerprint density at radius 3 is 2.85 bits per heavy atom. The third-order valence-corrected chi connectivity index (χ3v) is 2.64. The summed E-state index contributed by atoms with van der Waals surface area (Å²) in [4.78, 5) is 11.0. The van der Waals surface area contributed by atoms with Crippen molar-refractivity contribution < 1.29 is 9.90 Å². The molecule has 70 valence electrons. The summed E-state index contributed by atoms with van der Waals surface area (Å²) in [5.41, 5.74) is 0.755. The second-order valence-electron chi connectivity index (χ2n) is 2.62. The molecule has 0 spiro atoms. The van der Waals surface area contributed by atoms with Crippen LogP contribution in [0.25, 0.3) is 0 Å². The Balaban J connectivity index is 2.87. The largest absolute Gasteiger partial charge is 0.508 e. The van der Waals surface area contributed by atoms with E-state index in [1.807, 2.05) is 0 Å². The number of Topliss-reactive ketones (excluding diaryl/α,β-unsaturated/α-hetero) is 1. The lowest BCUT2D eigenvalue weighted by Gasteiger charge is -2.02. The second-order valence-corrected chi connectivity index (χ2v) is 3.75. The molecular weight excluding hydrogens is 255 g/mol. The molecule has 0 bridgehead atoms. The minimum atomic E-state index is -0.0621. The molecule has 4 heteroatoms. The van der Waals surface area contributed by atoms with Crippen LogP contribution >= 0.6 is 27.5 Å². The molecule has 0 radical (unpaired) electrons. The minimum absolute atomic E-state index is 0.00208. The van der Waals surface area contributed by atoms with Crippen molar-refractivity contribution in [2.45, 2.75) is 6.42 Å². The summed E-state index contributed by atoms with van der Waals surface area (Å²) >= 11 is 8.65. The highest BCUT2D eigenvalue weighted by Gasteiger charge is 2.06. The van der Waals surface area contributed by atoms with Crippen molar-refractivity contribution in [3.63, 3.8) is 0 Å². The van der Waals surface area contributed by atoms with Crippen LogP contribution in [0.15, 0.2) is 22.7 Å². The molecule has 0 amide bonds. The van der Waals surface area contributed by atoms with Gasteiger partial charge in [0.05, 0.1) is 5.88 Å². The van der Waals surface area contributed by atoms with Gasteiger partial charge in [-0.05, 0) is 23.8 Å². The van der Waals surface area contributed by atoms with Gasteiger partial charge in [-0.1, -0.05) is 15.9 Å². The molecular formula is C9H8BrClO2. The highest BCUT2D eigenvalue weighted by molar-refractivity contribution is 9.10. The van der Waals surface area contributed by atoms with Gasteiger partial charge in [-0.15, -0.1) is 11.6 Å². The van der Waals surface area contributed by atoms with Crippen LogP contribution < -0.4 is 0 Å². The molecule has 0 heterocycles. The van der Waals surface area contributed by atoms with Gasteiger partial charge in [0.2, 0.25) is 0 Å². The molecule has 0 unspecified atom stereocenters. The van der Waals surface area contributed by atoms with Gasteiger partial charge in [-0.2, -0.15) is 0 Å². The lowest BCUT2D eigenvalue weighted by Crippen LogP contribution is -2.04. The van der Waals surface area contributed by atoms with Crippen molar-refractivity contribution in [2.75, 3.05) is 5.88 Å². The minimum Gasteiger partial charge on any atom is -0.508 e. The number of halogens is 2. The molecule has 0 aromatic heterocycles. The van der Waals surface area contributed by atoms with Gasteiger partial charge in [0, 0.05) is 10.9 Å². The predicted octanol–water partition coefficient (Wildman–Crippen LogP) is 2.51. The molecule has 0 fully saturated rings. The number of carbonyl (C=O) groups excluding carboxylic acids is 1. The molecule has 0 atom stereocenters. The second kappa shape index (κ2) is 4.63. The Morgan fingerprint density at radius 2 is 2.23 bits per heavy atom. The summed E-state index contributed by atoms with van der Waals surface area (Å²) in [6.45, 7) is 0. The topological polar surface area (TPSA) is 37.3 Å². The number of phenolic OH excluding ortho intramolecular Hbond substituents is 1. The fraction of sp³-hybridized carbons (Fsp3) is 0.222. The number of phenols is 1. The number of carbonyl (C=O) groups is 1. The Morgan fingerprint density at radius 1 is 1.54 bits per heavy atom. The standard InChI is InChI=1S/C9H8BrClO2/c10-9-2-1-7(12)3-6(9)4-8(13)5-11/h1-3,12H,4-5H2. The third-order valence-electron chi connectivity index (χ3n) is 1.57. The molecule has 0 aliphatic carbocycles. The molecule has 1 rings (SSSR count). The van der Waals surface area contributed by atoms with E-state index in [9.17, 15) is 4.79 Å². The number of ketones is 1. The van der Waals surface area contributed by atoms with Gasteiger partial charge < -0.3 is 5.11 Å². The van der Waals surface area contributed by atoms with Crippen LogP contribution in [-0.2, 0) is 11.2 Å². The molecule has 1 aromatic carbocycles. The SMILES string of the molecule is O=C(CCl)Cc1cc(O)ccc1Br. The number of alkyl halides is 1. The lowest BCUT2D eigenvalue weighted by molar-refractivity contribution is -0.116. The molecule has 13 heavy (non-hydrogen) atoms. The van der Waals surface area contributed by atoms with E-state index in [0.717, 1.165) is 10.0 Å². The monoisotopic (exact) mass is 262 g/mol. The van der Waals surface area contributed by atoms with Crippen LogP contribution in [0.3, 0.4) is 0 Å². The zero-order chi connectivity index (χ0) is 9.84. The smallest absolute Gasteiger partial charge is 0.151 e. The Bertz CT molecular complexity index is 325. The third kappa shape index (κ3) is 3.01. The van der Waals surface area contributed by atoms with Crippen molar-refractivity contribution in [3.05, 3.63) is 28.2 Å². The maximum absolute atomic E-state index is 11.0. The average Bonchev–Trinajstić information content (AvgIpc) is 2.11. The van der Waals surface area contributed by atoms with Crippen LogP contribution in [0.2, 0.25) is 0 Å². The predicted molar refractivity (Wildman–Crippen MR) is 55.2 cm³/mol. The van der Waals surface area contributed by atoms with E-state index < -0.39 is 0 Å². The van der Waals surface area contributed by atoms with Crippen LogP contribution in [0, 0.1) is 0 Å². The Hall–Kier alpha value is -0.540. The van der Waals surface area contributed by atoms with Gasteiger partial charge >= 0.3 is 0 Å². The van der Waals surface area contributed by atoms with Crippen LogP contribution in [0.5, 0.6) is 5.75 Å². The molecule has 1 N–H and O–H groups in total. The van der Waals surface area contributed by atoms with E-state index in [4.69, 9.17) is 16.7 Å². The number of hydrogen-bond donors (Lipinski definition) is 1. The normalized spacial score (nSPS) is 10.0. The quantitative estimate of drug-likeness (QED) is 0.851. The summed E-state index contributed by atoms with van der Waals surface area (Å²) in [5.74, 6) is 0.0933. The maximum atomic E-state index is 11.0. The van der Waals surface area contributed by atoms with Gasteiger partial charge in [0.25, 0.3) is 0 Å². The molecule has 0 saturated heterocycles. The van der Waals surface area contributed by atoms with Gasteiger partial charge in [-0.25, -0.2) is 0 Å². The van der Waals surface area contributed by atoms with E-state index >= 15 is 0 Å². The van der Waals surface area contributed by atoms with Crippen molar-refractivity contribution in [3.8, 4) is 5.75 Å². The summed E-state index contributed by atoms with van der Waals surface area (Å²) < 4.78 is 0.809. The lowest BCUT2D eigenvalue weighted by atomic mass is 10.1. The fourth-order valence-corrected chi connectivity index (χ4v) is 1.44. The summed E-state index contributed by atoms with van der Waals surface area (Å²) in [6, 6.07) is 4.81.